The molecule has 0 heterocycles. The maximum absolute atomic E-state index is 8.85. The van der Waals surface area contributed by atoms with Gasteiger partial charge in [-0.1, -0.05) is 0 Å². The van der Waals surface area contributed by atoms with Crippen LogP contribution in [0.3, 0.4) is 0 Å². The lowest BCUT2D eigenvalue weighted by atomic mass is 10.2. The summed E-state index contributed by atoms with van der Waals surface area (Å²) in [5.41, 5.74) is 0. The molecule has 0 amide bonds. The van der Waals surface area contributed by atoms with Crippen LogP contribution in [0.15, 0.2) is 0 Å². The third kappa shape index (κ3) is 19.8. The second-order valence-electron chi connectivity index (χ2n) is 5.52. The summed E-state index contributed by atoms with van der Waals surface area (Å²) in [6, 6.07) is 0. The molecule has 152 valence electrons. The summed E-state index contributed by atoms with van der Waals surface area (Å²) in [6.45, 7) is 6.90. The molecule has 8 nitrogen and oxygen atoms in total. The highest BCUT2D eigenvalue weighted by Gasteiger charge is 2.05. The summed E-state index contributed by atoms with van der Waals surface area (Å²) in [4.78, 5) is 2.29. The molecule has 0 atom stereocenters. The van der Waals surface area contributed by atoms with Crippen molar-refractivity contribution in [1.29, 1.82) is 0 Å². The van der Waals surface area contributed by atoms with E-state index in [9.17, 15) is 0 Å². The minimum absolute atomic E-state index is 0.0344. The first-order valence-electron chi connectivity index (χ1n) is 9.21. The molecule has 0 spiro atoms. The van der Waals surface area contributed by atoms with Gasteiger partial charge in [0, 0.05) is 19.7 Å². The fourth-order valence-electron chi connectivity index (χ4n) is 2.12. The smallest absolute Gasteiger partial charge is 0.0701 e. The van der Waals surface area contributed by atoms with Crippen LogP contribution >= 0.6 is 0 Å². The van der Waals surface area contributed by atoms with Gasteiger partial charge >= 0.3 is 0 Å². The molecule has 25 heavy (non-hydrogen) atoms. The highest BCUT2D eigenvalue weighted by atomic mass is 16.5. The van der Waals surface area contributed by atoms with Crippen LogP contribution in [0.5, 0.6) is 0 Å². The maximum Gasteiger partial charge on any atom is 0.0701 e. The predicted molar refractivity (Wildman–Crippen MR) is 94.8 cm³/mol. The van der Waals surface area contributed by atoms with Crippen molar-refractivity contribution in [2.75, 3.05) is 92.3 Å². The van der Waals surface area contributed by atoms with Crippen molar-refractivity contribution in [3.05, 3.63) is 0 Å². The lowest BCUT2D eigenvalue weighted by Crippen LogP contribution is -2.32. The molecule has 0 aliphatic carbocycles. The molecular formula is C17H37NO7. The van der Waals surface area contributed by atoms with E-state index in [-0.39, 0.29) is 19.8 Å². The fourth-order valence-corrected chi connectivity index (χ4v) is 2.12. The fraction of sp³-hybridized carbons (Fsp3) is 1.00. The van der Waals surface area contributed by atoms with E-state index < -0.39 is 0 Å². The number of aliphatic hydroxyl groups excluding tert-OH is 3. The van der Waals surface area contributed by atoms with Crippen molar-refractivity contribution in [1.82, 2.24) is 4.90 Å². The SMILES string of the molecule is OCCCCCN(CCOCCOCCO)CCOCCOCCO. The van der Waals surface area contributed by atoms with Crippen molar-refractivity contribution in [2.45, 2.75) is 19.3 Å². The van der Waals surface area contributed by atoms with Crippen LogP contribution in [0.25, 0.3) is 0 Å². The highest BCUT2D eigenvalue weighted by molar-refractivity contribution is 4.58. The summed E-state index contributed by atoms with van der Waals surface area (Å²) in [5, 5.41) is 26.1. The van der Waals surface area contributed by atoms with Crippen LogP contribution in [0.2, 0.25) is 0 Å². The van der Waals surface area contributed by atoms with Crippen LogP contribution in [-0.4, -0.2) is 113 Å². The first kappa shape index (κ1) is 24.7. The van der Waals surface area contributed by atoms with Crippen molar-refractivity contribution in [2.24, 2.45) is 0 Å². The molecule has 0 bridgehead atoms. The van der Waals surface area contributed by atoms with E-state index in [0.29, 0.717) is 52.9 Å². The molecule has 0 fully saturated rings. The third-order valence-corrected chi connectivity index (χ3v) is 3.45. The minimum Gasteiger partial charge on any atom is -0.396 e. The second-order valence-corrected chi connectivity index (χ2v) is 5.52. The molecule has 0 saturated heterocycles. The quantitative estimate of drug-likeness (QED) is 0.234. The van der Waals surface area contributed by atoms with Gasteiger partial charge in [-0.05, 0) is 25.8 Å². The molecule has 0 aromatic rings. The Morgan fingerprint density at radius 1 is 0.440 bits per heavy atom. The van der Waals surface area contributed by atoms with Gasteiger partial charge < -0.3 is 34.3 Å². The zero-order chi connectivity index (χ0) is 18.4. The Kier molecular flexibility index (Phi) is 21.4. The number of ether oxygens (including phenoxy) is 4. The van der Waals surface area contributed by atoms with Gasteiger partial charge in [0.15, 0.2) is 0 Å². The summed E-state index contributed by atoms with van der Waals surface area (Å²) in [6.07, 6.45) is 2.89. The van der Waals surface area contributed by atoms with Crippen molar-refractivity contribution in [3.8, 4) is 0 Å². The Balaban J connectivity index is 3.71. The van der Waals surface area contributed by atoms with Crippen LogP contribution in [0, 0.1) is 0 Å². The van der Waals surface area contributed by atoms with Crippen molar-refractivity contribution >= 4 is 0 Å². The van der Waals surface area contributed by atoms with Crippen LogP contribution in [0.4, 0.5) is 0 Å². The summed E-state index contributed by atoms with van der Waals surface area (Å²) < 4.78 is 21.4. The summed E-state index contributed by atoms with van der Waals surface area (Å²) in [5.74, 6) is 0. The number of hydrogen-bond acceptors (Lipinski definition) is 8. The zero-order valence-electron chi connectivity index (χ0n) is 15.4. The molecule has 0 aromatic heterocycles. The van der Waals surface area contributed by atoms with E-state index in [4.69, 9.17) is 34.3 Å². The topological polar surface area (TPSA) is 101 Å². The van der Waals surface area contributed by atoms with Gasteiger partial charge in [-0.25, -0.2) is 0 Å². The van der Waals surface area contributed by atoms with Crippen LogP contribution in [-0.2, 0) is 18.9 Å². The van der Waals surface area contributed by atoms with E-state index in [1.807, 2.05) is 0 Å². The van der Waals surface area contributed by atoms with Crippen molar-refractivity contribution < 1.29 is 34.3 Å². The van der Waals surface area contributed by atoms with Gasteiger partial charge in [0.25, 0.3) is 0 Å². The molecule has 0 saturated carbocycles. The molecule has 0 aliphatic heterocycles. The van der Waals surface area contributed by atoms with E-state index in [1.54, 1.807) is 0 Å². The van der Waals surface area contributed by atoms with Gasteiger partial charge in [-0.2, -0.15) is 0 Å². The molecule has 0 aromatic carbocycles. The van der Waals surface area contributed by atoms with Gasteiger partial charge in [-0.15, -0.1) is 0 Å². The molecule has 0 unspecified atom stereocenters. The largest absolute Gasteiger partial charge is 0.396 e. The second kappa shape index (κ2) is 21.7. The predicted octanol–water partition coefficient (Wildman–Crippen LogP) is -0.498. The third-order valence-electron chi connectivity index (χ3n) is 3.45. The molecule has 0 aliphatic rings. The summed E-state index contributed by atoms with van der Waals surface area (Å²) >= 11 is 0. The molecular weight excluding hydrogens is 330 g/mol. The van der Waals surface area contributed by atoms with E-state index in [0.717, 1.165) is 38.9 Å². The lowest BCUT2D eigenvalue weighted by Gasteiger charge is -2.22. The average Bonchev–Trinajstić information content (AvgIpc) is 2.63. The van der Waals surface area contributed by atoms with Crippen molar-refractivity contribution in [3.63, 3.8) is 0 Å². The Hall–Kier alpha value is -0.320. The Morgan fingerprint density at radius 2 is 0.920 bits per heavy atom. The van der Waals surface area contributed by atoms with Crippen LogP contribution in [0.1, 0.15) is 19.3 Å². The molecule has 0 radical (unpaired) electrons. The first-order valence-corrected chi connectivity index (χ1v) is 9.21. The molecule has 8 heteroatoms. The highest BCUT2D eigenvalue weighted by Crippen LogP contribution is 1.99. The first-order chi connectivity index (χ1) is 12.3. The maximum atomic E-state index is 8.85. The molecule has 3 N–H and O–H groups in total. The van der Waals surface area contributed by atoms with Gasteiger partial charge in [-0.3, -0.25) is 4.90 Å². The number of unbranched alkanes of at least 4 members (excludes halogenated alkanes) is 2. The monoisotopic (exact) mass is 367 g/mol. The van der Waals surface area contributed by atoms with Gasteiger partial charge in [0.05, 0.1) is 66.1 Å². The van der Waals surface area contributed by atoms with E-state index in [2.05, 4.69) is 4.90 Å². The average molecular weight is 367 g/mol. The number of nitrogens with zero attached hydrogens (tertiary/aromatic N) is 1. The summed E-state index contributed by atoms with van der Waals surface area (Å²) in [7, 11) is 0. The Bertz CT molecular complexity index is 229. The minimum atomic E-state index is 0.0344. The zero-order valence-corrected chi connectivity index (χ0v) is 15.4. The Labute approximate surface area is 151 Å². The lowest BCUT2D eigenvalue weighted by molar-refractivity contribution is 0.0145. The van der Waals surface area contributed by atoms with Crippen LogP contribution < -0.4 is 0 Å². The normalized spacial score (nSPS) is 11.5. The molecule has 0 rings (SSSR count). The van der Waals surface area contributed by atoms with Gasteiger partial charge in [0.1, 0.15) is 0 Å². The number of aliphatic hydroxyl groups is 3. The van der Waals surface area contributed by atoms with E-state index >= 15 is 0 Å². The number of hydrogen-bond donors (Lipinski definition) is 3. The standard InChI is InChI=1S/C17H37NO7/c19-7-3-1-2-4-18(5-10-22-14-16-24-12-8-20)6-11-23-15-17-25-13-9-21/h19-21H,1-17H2. The number of rotatable bonds is 21. The van der Waals surface area contributed by atoms with E-state index in [1.165, 1.54) is 0 Å². The van der Waals surface area contributed by atoms with Gasteiger partial charge in [0.2, 0.25) is 0 Å². The Morgan fingerprint density at radius 3 is 1.36 bits per heavy atom.